The number of halogens is 1. The lowest BCUT2D eigenvalue weighted by molar-refractivity contribution is 0.411. The van der Waals surface area contributed by atoms with Gasteiger partial charge in [-0.2, -0.15) is 0 Å². The molecule has 0 aliphatic carbocycles. The smallest absolute Gasteiger partial charge is 0.123 e. The van der Waals surface area contributed by atoms with Crippen molar-refractivity contribution < 1.29 is 4.74 Å². The molecule has 0 aliphatic rings. The molecule has 0 aromatic heterocycles. The zero-order chi connectivity index (χ0) is 9.14. The van der Waals surface area contributed by atoms with Crippen LogP contribution in [0.3, 0.4) is 0 Å². The molecule has 0 saturated heterocycles. The predicted molar refractivity (Wildman–Crippen MR) is 55.1 cm³/mol. The second-order valence-corrected chi connectivity index (χ2v) is 3.38. The SMILES string of the molecule is COc1ccc(C)c(C)c1CBr. The highest BCUT2D eigenvalue weighted by molar-refractivity contribution is 9.08. The first kappa shape index (κ1) is 9.59. The van der Waals surface area contributed by atoms with Gasteiger partial charge in [0.05, 0.1) is 7.11 Å². The van der Waals surface area contributed by atoms with Gasteiger partial charge in [0.15, 0.2) is 0 Å². The van der Waals surface area contributed by atoms with Gasteiger partial charge in [-0.1, -0.05) is 22.0 Å². The summed E-state index contributed by atoms with van der Waals surface area (Å²) in [5.74, 6) is 0.968. The van der Waals surface area contributed by atoms with Crippen LogP contribution in [0.5, 0.6) is 5.75 Å². The number of alkyl halides is 1. The van der Waals surface area contributed by atoms with Crippen LogP contribution < -0.4 is 4.74 Å². The first-order valence-electron chi connectivity index (χ1n) is 3.89. The predicted octanol–water partition coefficient (Wildman–Crippen LogP) is 3.21. The van der Waals surface area contributed by atoms with Gasteiger partial charge in [0.2, 0.25) is 0 Å². The van der Waals surface area contributed by atoms with Crippen molar-refractivity contribution in [3.05, 3.63) is 28.8 Å². The molecule has 0 heterocycles. The van der Waals surface area contributed by atoms with Crippen molar-refractivity contribution in [2.24, 2.45) is 0 Å². The minimum Gasteiger partial charge on any atom is -0.496 e. The van der Waals surface area contributed by atoms with E-state index >= 15 is 0 Å². The van der Waals surface area contributed by atoms with Crippen molar-refractivity contribution in [3.8, 4) is 5.75 Å². The number of benzene rings is 1. The molecule has 0 unspecified atom stereocenters. The van der Waals surface area contributed by atoms with Crippen LogP contribution in [0.2, 0.25) is 0 Å². The second kappa shape index (κ2) is 3.94. The van der Waals surface area contributed by atoms with Crippen LogP contribution in [0.4, 0.5) is 0 Å². The zero-order valence-electron chi connectivity index (χ0n) is 7.65. The van der Waals surface area contributed by atoms with Gasteiger partial charge >= 0.3 is 0 Å². The molecule has 1 aromatic carbocycles. The minimum atomic E-state index is 0.851. The van der Waals surface area contributed by atoms with Crippen molar-refractivity contribution in [1.82, 2.24) is 0 Å². The average Bonchev–Trinajstić information content (AvgIpc) is 2.09. The summed E-state index contributed by atoms with van der Waals surface area (Å²) in [4.78, 5) is 0. The van der Waals surface area contributed by atoms with E-state index in [1.54, 1.807) is 7.11 Å². The Labute approximate surface area is 81.9 Å². The van der Waals surface area contributed by atoms with Crippen molar-refractivity contribution >= 4 is 15.9 Å². The summed E-state index contributed by atoms with van der Waals surface area (Å²) < 4.78 is 5.24. The Hall–Kier alpha value is -0.500. The molecule has 0 aliphatic heterocycles. The van der Waals surface area contributed by atoms with E-state index in [1.807, 2.05) is 6.07 Å². The average molecular weight is 229 g/mol. The molecule has 0 amide bonds. The van der Waals surface area contributed by atoms with Crippen molar-refractivity contribution in [2.45, 2.75) is 19.2 Å². The molecule has 12 heavy (non-hydrogen) atoms. The quantitative estimate of drug-likeness (QED) is 0.707. The molecule has 0 spiro atoms. The number of methoxy groups -OCH3 is 1. The summed E-state index contributed by atoms with van der Waals surface area (Å²) >= 11 is 3.45. The molecule has 66 valence electrons. The Bertz CT molecular complexity index is 281. The van der Waals surface area contributed by atoms with E-state index in [0.717, 1.165) is 11.1 Å². The molecule has 2 heteroatoms. The lowest BCUT2D eigenvalue weighted by Crippen LogP contribution is -1.94. The highest BCUT2D eigenvalue weighted by Crippen LogP contribution is 2.26. The summed E-state index contributed by atoms with van der Waals surface area (Å²) in [6.45, 7) is 4.23. The van der Waals surface area contributed by atoms with Crippen molar-refractivity contribution in [1.29, 1.82) is 0 Å². The van der Waals surface area contributed by atoms with Crippen molar-refractivity contribution in [3.63, 3.8) is 0 Å². The van der Waals surface area contributed by atoms with Crippen LogP contribution in [-0.2, 0) is 5.33 Å². The fourth-order valence-corrected chi connectivity index (χ4v) is 1.90. The maximum absolute atomic E-state index is 5.24. The third-order valence-corrected chi connectivity index (χ3v) is 2.74. The van der Waals surface area contributed by atoms with Gasteiger partial charge in [0.1, 0.15) is 5.75 Å². The normalized spacial score (nSPS) is 10.0. The minimum absolute atomic E-state index is 0.851. The summed E-state index contributed by atoms with van der Waals surface area (Å²) in [6.07, 6.45) is 0. The van der Waals surface area contributed by atoms with E-state index in [1.165, 1.54) is 16.7 Å². The van der Waals surface area contributed by atoms with Gasteiger partial charge in [0.25, 0.3) is 0 Å². The molecule has 0 fully saturated rings. The van der Waals surface area contributed by atoms with E-state index in [-0.39, 0.29) is 0 Å². The Balaban J connectivity index is 3.25. The van der Waals surface area contributed by atoms with Gasteiger partial charge in [-0.15, -0.1) is 0 Å². The largest absolute Gasteiger partial charge is 0.496 e. The summed E-state index contributed by atoms with van der Waals surface area (Å²) in [5, 5.41) is 0.851. The summed E-state index contributed by atoms with van der Waals surface area (Å²) in [6, 6.07) is 4.10. The molecule has 0 atom stereocenters. The topological polar surface area (TPSA) is 9.23 Å². The maximum Gasteiger partial charge on any atom is 0.123 e. The highest BCUT2D eigenvalue weighted by Gasteiger charge is 2.05. The molecule has 0 bridgehead atoms. The van der Waals surface area contributed by atoms with E-state index < -0.39 is 0 Å². The number of hydrogen-bond acceptors (Lipinski definition) is 1. The van der Waals surface area contributed by atoms with Gasteiger partial charge in [-0.05, 0) is 31.0 Å². The Morgan fingerprint density at radius 1 is 1.33 bits per heavy atom. The first-order chi connectivity index (χ1) is 5.70. The second-order valence-electron chi connectivity index (χ2n) is 2.82. The highest BCUT2D eigenvalue weighted by atomic mass is 79.9. The molecular formula is C10H13BrO. The van der Waals surface area contributed by atoms with Crippen LogP contribution in [0.1, 0.15) is 16.7 Å². The lowest BCUT2D eigenvalue weighted by atomic mass is 10.0. The van der Waals surface area contributed by atoms with Gasteiger partial charge < -0.3 is 4.74 Å². The zero-order valence-corrected chi connectivity index (χ0v) is 9.23. The fraction of sp³-hybridized carbons (Fsp3) is 0.400. The van der Waals surface area contributed by atoms with Crippen LogP contribution in [0, 0.1) is 13.8 Å². The van der Waals surface area contributed by atoms with Crippen LogP contribution in [0.25, 0.3) is 0 Å². The van der Waals surface area contributed by atoms with Crippen LogP contribution in [-0.4, -0.2) is 7.11 Å². The van der Waals surface area contributed by atoms with Gasteiger partial charge in [-0.25, -0.2) is 0 Å². The number of aryl methyl sites for hydroxylation is 1. The number of ether oxygens (including phenoxy) is 1. The third kappa shape index (κ3) is 1.63. The Morgan fingerprint density at radius 2 is 2.00 bits per heavy atom. The summed E-state index contributed by atoms with van der Waals surface area (Å²) in [5.41, 5.74) is 3.87. The lowest BCUT2D eigenvalue weighted by Gasteiger charge is -2.10. The standard InChI is InChI=1S/C10H13BrO/c1-7-4-5-10(12-3)9(6-11)8(7)2/h4-5H,6H2,1-3H3. The molecule has 0 radical (unpaired) electrons. The maximum atomic E-state index is 5.24. The molecular weight excluding hydrogens is 216 g/mol. The molecule has 0 N–H and O–H groups in total. The summed E-state index contributed by atoms with van der Waals surface area (Å²) in [7, 11) is 1.70. The van der Waals surface area contributed by atoms with Crippen LogP contribution >= 0.6 is 15.9 Å². The fourth-order valence-electron chi connectivity index (χ4n) is 1.21. The molecule has 1 rings (SSSR count). The van der Waals surface area contributed by atoms with E-state index in [2.05, 4.69) is 35.8 Å². The first-order valence-corrected chi connectivity index (χ1v) is 5.02. The number of hydrogen-bond donors (Lipinski definition) is 0. The third-order valence-electron chi connectivity index (χ3n) is 2.18. The number of rotatable bonds is 2. The monoisotopic (exact) mass is 228 g/mol. The van der Waals surface area contributed by atoms with Gasteiger partial charge in [0, 0.05) is 10.9 Å². The molecule has 1 nitrogen and oxygen atoms in total. The Kier molecular flexibility index (Phi) is 3.15. The Morgan fingerprint density at radius 3 is 2.50 bits per heavy atom. The van der Waals surface area contributed by atoms with Crippen molar-refractivity contribution in [2.75, 3.05) is 7.11 Å². The van der Waals surface area contributed by atoms with Crippen LogP contribution in [0.15, 0.2) is 12.1 Å². The van der Waals surface area contributed by atoms with E-state index in [0.29, 0.717) is 0 Å². The molecule has 1 aromatic rings. The van der Waals surface area contributed by atoms with Gasteiger partial charge in [-0.3, -0.25) is 0 Å². The van der Waals surface area contributed by atoms with E-state index in [9.17, 15) is 0 Å². The molecule has 0 saturated carbocycles. The van der Waals surface area contributed by atoms with E-state index in [4.69, 9.17) is 4.74 Å².